The molecule has 2 aliphatic rings. The van der Waals surface area contributed by atoms with Gasteiger partial charge in [-0.1, -0.05) is 18.2 Å². The molecule has 1 aromatic rings. The van der Waals surface area contributed by atoms with Gasteiger partial charge in [0.25, 0.3) is 5.92 Å². The van der Waals surface area contributed by atoms with Gasteiger partial charge in [0, 0.05) is 30.9 Å². The number of aromatic nitrogens is 2. The third-order valence-corrected chi connectivity index (χ3v) is 5.17. The topological polar surface area (TPSA) is 79.4 Å². The summed E-state index contributed by atoms with van der Waals surface area (Å²) in [4.78, 5) is 9.70. The number of hydrogen-bond acceptors (Lipinski definition) is 6. The number of hydrazone groups is 1. The first-order valence-electron chi connectivity index (χ1n) is 9.75. The van der Waals surface area contributed by atoms with Crippen LogP contribution in [0.4, 0.5) is 27.8 Å². The van der Waals surface area contributed by atoms with E-state index in [0.717, 1.165) is 18.2 Å². The molecule has 168 valence electrons. The van der Waals surface area contributed by atoms with Crippen molar-refractivity contribution in [1.29, 1.82) is 0 Å². The van der Waals surface area contributed by atoms with Crippen molar-refractivity contribution in [3.8, 4) is 0 Å². The smallest absolute Gasteiger partial charge is 0.367 e. The standard InChI is InChI=1S/C20H23F5N6/c21-19(22,15-2-1-3-16(5-4-15)20(23,24)25)12-31-8-6-17(7-9-31)30-18-14(11-29-26)10-27-13-28-18/h2-5,10-11,13,17H,1,6-9,12,26H2,(H,27,28,30)/b29-11-. The van der Waals surface area contributed by atoms with E-state index in [4.69, 9.17) is 5.84 Å². The first kappa shape index (κ1) is 22.9. The van der Waals surface area contributed by atoms with Gasteiger partial charge in [-0.15, -0.1) is 0 Å². The van der Waals surface area contributed by atoms with Gasteiger partial charge >= 0.3 is 6.18 Å². The van der Waals surface area contributed by atoms with E-state index in [1.165, 1.54) is 12.5 Å². The van der Waals surface area contributed by atoms with Gasteiger partial charge < -0.3 is 11.2 Å². The summed E-state index contributed by atoms with van der Waals surface area (Å²) >= 11 is 0. The number of halogens is 5. The van der Waals surface area contributed by atoms with Crippen LogP contribution in [0.15, 0.2) is 53.1 Å². The molecule has 1 aliphatic carbocycles. The third-order valence-electron chi connectivity index (χ3n) is 5.17. The van der Waals surface area contributed by atoms with Crippen molar-refractivity contribution in [3.63, 3.8) is 0 Å². The van der Waals surface area contributed by atoms with E-state index in [1.807, 2.05) is 0 Å². The summed E-state index contributed by atoms with van der Waals surface area (Å²) in [7, 11) is 0. The molecule has 3 rings (SSSR count). The Morgan fingerprint density at radius 3 is 2.48 bits per heavy atom. The molecular formula is C20H23F5N6. The lowest BCUT2D eigenvalue weighted by atomic mass is 10.0. The molecular weight excluding hydrogens is 419 g/mol. The van der Waals surface area contributed by atoms with Crippen molar-refractivity contribution >= 4 is 12.0 Å². The second kappa shape index (κ2) is 9.54. The summed E-state index contributed by atoms with van der Waals surface area (Å²) in [5.41, 5.74) is -0.682. The van der Waals surface area contributed by atoms with Crippen LogP contribution < -0.4 is 11.2 Å². The molecule has 0 saturated carbocycles. The van der Waals surface area contributed by atoms with Gasteiger partial charge in [-0.25, -0.2) is 9.97 Å². The SMILES string of the molecule is N/N=C\c1cncnc1NC1CCN(CC(F)(F)C2=CCC=C(C(F)(F)F)C=C2)CC1. The van der Waals surface area contributed by atoms with Crippen molar-refractivity contribution < 1.29 is 22.0 Å². The van der Waals surface area contributed by atoms with Crippen molar-refractivity contribution in [1.82, 2.24) is 14.9 Å². The summed E-state index contributed by atoms with van der Waals surface area (Å²) in [5.74, 6) is 2.50. The summed E-state index contributed by atoms with van der Waals surface area (Å²) in [6, 6.07) is 0.0280. The van der Waals surface area contributed by atoms with Crippen LogP contribution in [0.2, 0.25) is 0 Å². The molecule has 11 heteroatoms. The molecule has 0 spiro atoms. The summed E-state index contributed by atoms with van der Waals surface area (Å²) in [6.45, 7) is 0.291. The Kier molecular flexibility index (Phi) is 7.04. The summed E-state index contributed by atoms with van der Waals surface area (Å²) in [5, 5.41) is 6.73. The second-order valence-corrected chi connectivity index (χ2v) is 7.39. The van der Waals surface area contributed by atoms with E-state index in [-0.39, 0.29) is 12.5 Å². The Morgan fingerprint density at radius 2 is 1.81 bits per heavy atom. The molecule has 0 bridgehead atoms. The van der Waals surface area contributed by atoms with Crippen LogP contribution in [0.5, 0.6) is 0 Å². The Bertz CT molecular complexity index is 882. The van der Waals surface area contributed by atoms with Crippen molar-refractivity contribution in [3.05, 3.63) is 53.5 Å². The molecule has 1 aliphatic heterocycles. The van der Waals surface area contributed by atoms with Gasteiger partial charge in [0.2, 0.25) is 0 Å². The Morgan fingerprint density at radius 1 is 1.13 bits per heavy atom. The van der Waals surface area contributed by atoms with E-state index >= 15 is 0 Å². The molecule has 6 nitrogen and oxygen atoms in total. The van der Waals surface area contributed by atoms with Gasteiger partial charge in [0.1, 0.15) is 12.1 Å². The van der Waals surface area contributed by atoms with E-state index in [2.05, 4.69) is 20.4 Å². The van der Waals surface area contributed by atoms with Gasteiger partial charge in [0.15, 0.2) is 0 Å². The zero-order valence-electron chi connectivity index (χ0n) is 16.6. The van der Waals surface area contributed by atoms with Crippen LogP contribution in [0, 0.1) is 0 Å². The quantitative estimate of drug-likeness (QED) is 0.304. The van der Waals surface area contributed by atoms with Crippen LogP contribution in [0.3, 0.4) is 0 Å². The number of nitrogens with one attached hydrogen (secondary N) is 1. The molecule has 1 aromatic heterocycles. The third kappa shape index (κ3) is 6.09. The highest BCUT2D eigenvalue weighted by atomic mass is 19.4. The first-order chi connectivity index (χ1) is 14.7. The maximum Gasteiger partial charge on any atom is 0.416 e. The van der Waals surface area contributed by atoms with Gasteiger partial charge in [-0.3, -0.25) is 4.90 Å². The highest BCUT2D eigenvalue weighted by molar-refractivity contribution is 5.85. The fourth-order valence-electron chi connectivity index (χ4n) is 3.55. The normalized spacial score (nSPS) is 19.3. The van der Waals surface area contributed by atoms with Crippen LogP contribution in [-0.4, -0.2) is 58.9 Å². The number of nitrogens with zero attached hydrogens (tertiary/aromatic N) is 4. The lowest BCUT2D eigenvalue weighted by molar-refractivity contribution is -0.0883. The lowest BCUT2D eigenvalue weighted by Crippen LogP contribution is -2.45. The maximum atomic E-state index is 14.8. The molecule has 0 radical (unpaired) electrons. The van der Waals surface area contributed by atoms with Gasteiger partial charge in [-0.05, 0) is 25.3 Å². The Labute approximate surface area is 176 Å². The molecule has 3 N–H and O–H groups in total. The molecule has 0 aromatic carbocycles. The van der Waals surface area contributed by atoms with E-state index in [1.54, 1.807) is 11.1 Å². The van der Waals surface area contributed by atoms with E-state index < -0.39 is 29.8 Å². The maximum absolute atomic E-state index is 14.8. The zero-order valence-corrected chi connectivity index (χ0v) is 16.6. The van der Waals surface area contributed by atoms with Gasteiger partial charge in [0.05, 0.1) is 23.9 Å². The fraction of sp³-hybridized carbons (Fsp3) is 0.450. The predicted molar refractivity (Wildman–Crippen MR) is 108 cm³/mol. The van der Waals surface area contributed by atoms with E-state index in [0.29, 0.717) is 43.4 Å². The molecule has 0 amide bonds. The Balaban J connectivity index is 1.55. The average molecular weight is 442 g/mol. The fourth-order valence-corrected chi connectivity index (χ4v) is 3.55. The molecule has 1 fully saturated rings. The molecule has 1 saturated heterocycles. The van der Waals surface area contributed by atoms with Crippen molar-refractivity contribution in [2.45, 2.75) is 37.4 Å². The van der Waals surface area contributed by atoms with Crippen LogP contribution >= 0.6 is 0 Å². The molecule has 2 heterocycles. The van der Waals surface area contributed by atoms with E-state index in [9.17, 15) is 22.0 Å². The number of allylic oxidation sites excluding steroid dienone is 5. The number of anilines is 1. The number of piperidine rings is 1. The van der Waals surface area contributed by atoms with Gasteiger partial charge in [-0.2, -0.15) is 27.1 Å². The minimum atomic E-state index is -4.55. The van der Waals surface area contributed by atoms with Crippen LogP contribution in [0.1, 0.15) is 24.8 Å². The highest BCUT2D eigenvalue weighted by Gasteiger charge is 2.38. The number of nitrogens with two attached hydrogens (primary N) is 1. The number of rotatable bonds is 6. The predicted octanol–water partition coefficient (Wildman–Crippen LogP) is 3.66. The van der Waals surface area contributed by atoms with Crippen molar-refractivity contribution in [2.75, 3.05) is 25.0 Å². The molecule has 0 atom stereocenters. The first-order valence-corrected chi connectivity index (χ1v) is 9.75. The van der Waals surface area contributed by atoms with Crippen LogP contribution in [-0.2, 0) is 0 Å². The minimum absolute atomic E-state index is 0.0280. The monoisotopic (exact) mass is 442 g/mol. The molecule has 0 unspecified atom stereocenters. The second-order valence-electron chi connectivity index (χ2n) is 7.39. The number of hydrogen-bond donors (Lipinski definition) is 2. The summed E-state index contributed by atoms with van der Waals surface area (Å²) in [6.07, 6.45) is 4.49. The average Bonchev–Trinajstić information content (AvgIpc) is 2.98. The lowest BCUT2D eigenvalue weighted by Gasteiger charge is -2.35. The highest BCUT2D eigenvalue weighted by Crippen LogP contribution is 2.33. The molecule has 31 heavy (non-hydrogen) atoms. The zero-order chi connectivity index (χ0) is 22.5. The number of likely N-dealkylation sites (tertiary alicyclic amines) is 1. The number of alkyl halides is 5. The largest absolute Gasteiger partial charge is 0.416 e. The van der Waals surface area contributed by atoms with Crippen molar-refractivity contribution in [2.24, 2.45) is 10.9 Å². The summed E-state index contributed by atoms with van der Waals surface area (Å²) < 4.78 is 68.0. The minimum Gasteiger partial charge on any atom is -0.367 e. The van der Waals surface area contributed by atoms with Crippen LogP contribution in [0.25, 0.3) is 0 Å². The Hall–Kier alpha value is -2.82.